The van der Waals surface area contributed by atoms with E-state index in [9.17, 15) is 14.7 Å². The lowest BCUT2D eigenvalue weighted by Gasteiger charge is -2.35. The van der Waals surface area contributed by atoms with E-state index in [-0.39, 0.29) is 17.9 Å². The number of halogens is 1. The minimum Gasteiger partial charge on any atom is -0.481 e. The number of piperidine rings is 1. The van der Waals surface area contributed by atoms with Gasteiger partial charge in [-0.1, -0.05) is 29.8 Å². The average molecular weight is 352 g/mol. The summed E-state index contributed by atoms with van der Waals surface area (Å²) in [4.78, 5) is 25.6. The maximum absolute atomic E-state index is 12.5. The first-order chi connectivity index (χ1) is 11.6. The SMILES string of the molecule is O=C(O)C1CCO[C@H]1C1CCN(C(=O)Cc2ccccc2Cl)CC1. The van der Waals surface area contributed by atoms with Crippen LogP contribution in [0.25, 0.3) is 0 Å². The minimum atomic E-state index is -0.769. The summed E-state index contributed by atoms with van der Waals surface area (Å²) >= 11 is 6.12. The van der Waals surface area contributed by atoms with Crippen LogP contribution in [-0.2, 0) is 20.7 Å². The van der Waals surface area contributed by atoms with Crippen molar-refractivity contribution in [1.82, 2.24) is 4.90 Å². The van der Waals surface area contributed by atoms with Gasteiger partial charge in [0.25, 0.3) is 0 Å². The van der Waals surface area contributed by atoms with Crippen molar-refractivity contribution in [1.29, 1.82) is 0 Å². The smallest absolute Gasteiger partial charge is 0.309 e. The van der Waals surface area contributed by atoms with Crippen LogP contribution >= 0.6 is 11.6 Å². The van der Waals surface area contributed by atoms with Gasteiger partial charge in [0.2, 0.25) is 5.91 Å². The van der Waals surface area contributed by atoms with Gasteiger partial charge < -0.3 is 14.7 Å². The number of likely N-dealkylation sites (tertiary alicyclic amines) is 1. The number of rotatable bonds is 4. The molecule has 1 amide bonds. The first-order valence-corrected chi connectivity index (χ1v) is 8.79. The van der Waals surface area contributed by atoms with Crippen LogP contribution in [0.5, 0.6) is 0 Å². The van der Waals surface area contributed by atoms with Crippen molar-refractivity contribution in [2.45, 2.75) is 31.8 Å². The lowest BCUT2D eigenvalue weighted by atomic mass is 9.84. The number of carboxylic acid groups (broad SMARTS) is 1. The topological polar surface area (TPSA) is 66.8 Å². The standard InChI is InChI=1S/C18H22ClNO4/c19-15-4-2-1-3-13(15)11-16(21)20-8-5-12(6-9-20)17-14(18(22)23)7-10-24-17/h1-4,12,14,17H,5-11H2,(H,22,23)/t14?,17-/m0/s1. The first kappa shape index (κ1) is 17.2. The zero-order valence-corrected chi connectivity index (χ0v) is 14.2. The Hall–Kier alpha value is -1.59. The molecular formula is C18H22ClNO4. The van der Waals surface area contributed by atoms with E-state index in [0.29, 0.717) is 37.6 Å². The Kier molecular flexibility index (Phi) is 5.41. The van der Waals surface area contributed by atoms with E-state index in [1.165, 1.54) is 0 Å². The van der Waals surface area contributed by atoms with Crippen molar-refractivity contribution < 1.29 is 19.4 Å². The fourth-order valence-electron chi connectivity index (χ4n) is 3.73. The molecule has 0 spiro atoms. The second kappa shape index (κ2) is 7.53. The molecule has 2 saturated heterocycles. The maximum atomic E-state index is 12.5. The molecule has 1 aromatic carbocycles. The second-order valence-electron chi connectivity index (χ2n) is 6.56. The van der Waals surface area contributed by atoms with Crippen molar-refractivity contribution in [3.63, 3.8) is 0 Å². The Labute approximate surface area is 146 Å². The van der Waals surface area contributed by atoms with Crippen LogP contribution in [0.1, 0.15) is 24.8 Å². The number of hydrogen-bond donors (Lipinski definition) is 1. The highest BCUT2D eigenvalue weighted by Gasteiger charge is 2.40. The third kappa shape index (κ3) is 3.73. The van der Waals surface area contributed by atoms with Gasteiger partial charge in [-0.05, 0) is 36.8 Å². The number of nitrogens with zero attached hydrogens (tertiary/aromatic N) is 1. The predicted molar refractivity (Wildman–Crippen MR) is 89.9 cm³/mol. The Morgan fingerprint density at radius 2 is 1.92 bits per heavy atom. The molecule has 1 aromatic rings. The number of hydrogen-bond acceptors (Lipinski definition) is 3. The van der Waals surface area contributed by atoms with E-state index in [1.807, 2.05) is 23.1 Å². The molecule has 2 aliphatic rings. The summed E-state index contributed by atoms with van der Waals surface area (Å²) < 4.78 is 5.67. The molecule has 2 atom stereocenters. The number of benzene rings is 1. The van der Waals surface area contributed by atoms with Gasteiger partial charge in [-0.25, -0.2) is 0 Å². The predicted octanol–water partition coefficient (Wildman–Crippen LogP) is 2.61. The highest BCUT2D eigenvalue weighted by molar-refractivity contribution is 6.31. The molecule has 3 rings (SSSR count). The van der Waals surface area contributed by atoms with Crippen LogP contribution in [0, 0.1) is 11.8 Å². The van der Waals surface area contributed by atoms with Crippen molar-refractivity contribution in [3.8, 4) is 0 Å². The third-order valence-electron chi connectivity index (χ3n) is 5.11. The van der Waals surface area contributed by atoms with Crippen molar-refractivity contribution >= 4 is 23.5 Å². The Morgan fingerprint density at radius 3 is 2.58 bits per heavy atom. The number of ether oxygens (including phenoxy) is 1. The zero-order chi connectivity index (χ0) is 17.1. The summed E-state index contributed by atoms with van der Waals surface area (Å²) in [5.41, 5.74) is 0.844. The van der Waals surface area contributed by atoms with Crippen molar-refractivity contribution in [3.05, 3.63) is 34.9 Å². The summed E-state index contributed by atoms with van der Waals surface area (Å²) in [6.07, 6.45) is 2.28. The molecule has 24 heavy (non-hydrogen) atoms. The molecule has 5 nitrogen and oxygen atoms in total. The van der Waals surface area contributed by atoms with E-state index in [2.05, 4.69) is 0 Å². The number of carbonyl (C=O) groups is 2. The molecule has 6 heteroatoms. The average Bonchev–Trinajstić information content (AvgIpc) is 3.07. The first-order valence-electron chi connectivity index (χ1n) is 8.42. The van der Waals surface area contributed by atoms with E-state index in [0.717, 1.165) is 18.4 Å². The van der Waals surface area contributed by atoms with Gasteiger partial charge in [0.15, 0.2) is 0 Å². The van der Waals surface area contributed by atoms with Crippen LogP contribution < -0.4 is 0 Å². The fraction of sp³-hybridized carbons (Fsp3) is 0.556. The molecule has 0 radical (unpaired) electrons. The molecule has 2 aliphatic heterocycles. The Morgan fingerprint density at radius 1 is 1.21 bits per heavy atom. The number of aliphatic carboxylic acids is 1. The molecular weight excluding hydrogens is 330 g/mol. The van der Waals surface area contributed by atoms with Gasteiger partial charge in [-0.15, -0.1) is 0 Å². The zero-order valence-electron chi connectivity index (χ0n) is 13.5. The van der Waals surface area contributed by atoms with Crippen LogP contribution in [0.2, 0.25) is 5.02 Å². The van der Waals surface area contributed by atoms with E-state index >= 15 is 0 Å². The largest absolute Gasteiger partial charge is 0.481 e. The van der Waals surface area contributed by atoms with Crippen LogP contribution in [0.15, 0.2) is 24.3 Å². The fourth-order valence-corrected chi connectivity index (χ4v) is 3.94. The molecule has 130 valence electrons. The second-order valence-corrected chi connectivity index (χ2v) is 6.96. The number of carbonyl (C=O) groups excluding carboxylic acids is 1. The number of carboxylic acids is 1. The number of amides is 1. The monoisotopic (exact) mass is 351 g/mol. The van der Waals surface area contributed by atoms with Crippen LogP contribution in [0.4, 0.5) is 0 Å². The van der Waals surface area contributed by atoms with Crippen LogP contribution in [-0.4, -0.2) is 47.7 Å². The van der Waals surface area contributed by atoms with Gasteiger partial charge in [-0.2, -0.15) is 0 Å². The van der Waals surface area contributed by atoms with Crippen LogP contribution in [0.3, 0.4) is 0 Å². The Bertz CT molecular complexity index is 613. The molecule has 2 heterocycles. The molecule has 2 fully saturated rings. The van der Waals surface area contributed by atoms with Gasteiger partial charge in [0.05, 0.1) is 18.4 Å². The highest BCUT2D eigenvalue weighted by atomic mass is 35.5. The molecule has 0 saturated carbocycles. The molecule has 0 bridgehead atoms. The van der Waals surface area contributed by atoms with E-state index < -0.39 is 11.9 Å². The Balaban J connectivity index is 1.54. The molecule has 1 unspecified atom stereocenters. The highest BCUT2D eigenvalue weighted by Crippen LogP contribution is 2.33. The third-order valence-corrected chi connectivity index (χ3v) is 5.48. The lowest BCUT2D eigenvalue weighted by molar-refractivity contribution is -0.145. The summed E-state index contributed by atoms with van der Waals surface area (Å²) in [6.45, 7) is 1.83. The summed E-state index contributed by atoms with van der Waals surface area (Å²) in [5.74, 6) is -0.878. The maximum Gasteiger partial charge on any atom is 0.309 e. The summed E-state index contributed by atoms with van der Waals surface area (Å²) in [5, 5.41) is 9.90. The van der Waals surface area contributed by atoms with Gasteiger partial charge >= 0.3 is 5.97 Å². The van der Waals surface area contributed by atoms with Gasteiger partial charge in [0, 0.05) is 24.7 Å². The summed E-state index contributed by atoms with van der Waals surface area (Å²) in [7, 11) is 0. The lowest BCUT2D eigenvalue weighted by Crippen LogP contribution is -2.43. The van der Waals surface area contributed by atoms with Gasteiger partial charge in [0.1, 0.15) is 0 Å². The quantitative estimate of drug-likeness (QED) is 0.905. The van der Waals surface area contributed by atoms with Crippen molar-refractivity contribution in [2.24, 2.45) is 11.8 Å². The molecule has 0 aliphatic carbocycles. The van der Waals surface area contributed by atoms with E-state index in [4.69, 9.17) is 16.3 Å². The summed E-state index contributed by atoms with van der Waals surface area (Å²) in [6, 6.07) is 7.39. The van der Waals surface area contributed by atoms with Gasteiger partial charge in [-0.3, -0.25) is 9.59 Å². The normalized spacial score (nSPS) is 25.0. The minimum absolute atomic E-state index is 0.0728. The van der Waals surface area contributed by atoms with Crippen molar-refractivity contribution in [2.75, 3.05) is 19.7 Å². The molecule has 1 N–H and O–H groups in total. The molecule has 0 aromatic heterocycles. The van der Waals surface area contributed by atoms with E-state index in [1.54, 1.807) is 6.07 Å².